The quantitative estimate of drug-likeness (QED) is 0.0307. The van der Waals surface area contributed by atoms with Crippen LogP contribution in [0.5, 0.6) is 5.75 Å². The molecule has 21 heteroatoms. The van der Waals surface area contributed by atoms with E-state index in [9.17, 15) is 27.0 Å². The smallest absolute Gasteiger partial charge is 0.373 e. The Morgan fingerprint density at radius 3 is 2.49 bits per heavy atom. The van der Waals surface area contributed by atoms with E-state index in [4.69, 9.17) is 30.6 Å². The lowest BCUT2D eigenvalue weighted by Gasteiger charge is -2.51. The second kappa shape index (κ2) is 17.1. The van der Waals surface area contributed by atoms with E-state index in [1.807, 2.05) is 33.9 Å². The molecule has 2 aliphatic rings. The zero-order valence-electron chi connectivity index (χ0n) is 27.6. The van der Waals surface area contributed by atoms with Gasteiger partial charge in [0.15, 0.2) is 29.4 Å². The number of anilines is 1. The van der Waals surface area contributed by atoms with Gasteiger partial charge in [-0.25, -0.2) is 17.8 Å². The first kappa shape index (κ1) is 39.2. The fourth-order valence-electron chi connectivity index (χ4n) is 5.32. The van der Waals surface area contributed by atoms with Crippen molar-refractivity contribution in [3.05, 3.63) is 47.7 Å². The minimum atomic E-state index is -5.18. The number of nitrogen functional groups attached to an aromatic ring is 1. The molecule has 3 aromatic rings. The fraction of sp³-hybridized carbons (Fsp3) is 0.467. The van der Waals surface area contributed by atoms with Crippen LogP contribution in [-0.2, 0) is 51.8 Å². The number of carbonyl (C=O) groups excluding carboxylic acids is 4. The first-order valence-corrected chi connectivity index (χ1v) is 17.7. The summed E-state index contributed by atoms with van der Waals surface area (Å²) in [6.07, 6.45) is 2.63. The number of β-lactam (4-membered cyclic amide) rings is 1. The van der Waals surface area contributed by atoms with Crippen molar-refractivity contribution in [1.82, 2.24) is 20.0 Å². The number of thiazole rings is 1. The number of carbonyl (C=O) groups is 2. The molecule has 0 aliphatic carbocycles. The standard InChI is InChI=1S/C29H37FN8O8S2.CO2/c1-29(2)23(27(40)38(29)46-48(41,42)43)9-25(39)26(24-17-47-28(32)34-24)35-45-8-7-44-22-5-3-19(4-6-22)20-14-36(13-18-11-33-12-18)37(15-20)16-21(30)10-31;2-1-3/h3-6,14-15,17-18,21,23,33H,7-13,16,31H2,1-2H3,(H2-,32,34,41,42,43);/b35-26-;/t21?,23-;/m1./s1. The van der Waals surface area contributed by atoms with Gasteiger partial charge >= 0.3 is 6.15 Å². The first-order valence-electron chi connectivity index (χ1n) is 15.5. The summed E-state index contributed by atoms with van der Waals surface area (Å²) in [5, 5.41) is 9.34. The normalized spacial score (nSPS) is 17.7. The maximum Gasteiger partial charge on any atom is 0.373 e. The number of ether oxygens (including phenoxy) is 1. The van der Waals surface area contributed by atoms with Crippen LogP contribution in [0, 0.1) is 11.8 Å². The lowest BCUT2D eigenvalue weighted by atomic mass is 9.74. The summed E-state index contributed by atoms with van der Waals surface area (Å²) in [5.74, 6) is -1.39. The van der Waals surface area contributed by atoms with Gasteiger partial charge in [0.25, 0.3) is 5.91 Å². The highest BCUT2D eigenvalue weighted by atomic mass is 32.3. The van der Waals surface area contributed by atoms with Crippen LogP contribution in [0.25, 0.3) is 11.1 Å². The van der Waals surface area contributed by atoms with Crippen LogP contribution in [0.15, 0.2) is 47.2 Å². The molecule has 2 saturated heterocycles. The highest BCUT2D eigenvalue weighted by molar-refractivity contribution is 7.80. The Morgan fingerprint density at radius 1 is 1.25 bits per heavy atom. The second-order valence-electron chi connectivity index (χ2n) is 12.1. The number of amides is 1. The number of hydrogen-bond donors (Lipinski definition) is 3. The number of hydroxylamine groups is 2. The lowest BCUT2D eigenvalue weighted by molar-refractivity contribution is -0.779. The van der Waals surface area contributed by atoms with Crippen LogP contribution in [0.1, 0.15) is 26.0 Å². The first-order chi connectivity index (χ1) is 24.2. The summed E-state index contributed by atoms with van der Waals surface area (Å²) < 4.78 is 61.0. The number of alkyl halides is 1. The molecule has 0 saturated carbocycles. The number of benzene rings is 1. The summed E-state index contributed by atoms with van der Waals surface area (Å²) in [6.45, 7) is 5.70. The van der Waals surface area contributed by atoms with Gasteiger partial charge < -0.3 is 30.9 Å². The molecule has 2 aliphatic heterocycles. The van der Waals surface area contributed by atoms with Gasteiger partial charge in [-0.1, -0.05) is 17.3 Å². The third-order valence-electron chi connectivity index (χ3n) is 8.10. The van der Waals surface area contributed by atoms with Crippen LogP contribution in [0.2, 0.25) is 0 Å². The number of hydrogen-bond acceptors (Lipinski definition) is 16. The molecule has 2 fully saturated rings. The third-order valence-corrected chi connectivity index (χ3v) is 9.11. The van der Waals surface area contributed by atoms with Gasteiger partial charge in [0.05, 0.1) is 29.8 Å². The van der Waals surface area contributed by atoms with Crippen molar-refractivity contribution in [3.8, 4) is 16.9 Å². The van der Waals surface area contributed by atoms with Crippen molar-refractivity contribution >= 4 is 50.4 Å². The number of nitrogens with zero attached hydrogens (tertiary/aromatic N) is 5. The Morgan fingerprint density at radius 2 is 1.94 bits per heavy atom. The number of rotatable bonds is 17. The minimum absolute atomic E-state index is 0.0423. The Hall–Kier alpha value is -4.63. The van der Waals surface area contributed by atoms with Gasteiger partial charge in [-0.3, -0.25) is 9.59 Å². The summed E-state index contributed by atoms with van der Waals surface area (Å²) in [5.41, 5.74) is 11.8. The van der Waals surface area contributed by atoms with Crippen molar-refractivity contribution < 1.29 is 55.1 Å². The number of halogens is 1. The predicted octanol–water partition coefficient (Wildman–Crippen LogP) is -0.198. The topological polar surface area (TPSA) is 255 Å². The van der Waals surface area contributed by atoms with Gasteiger partial charge in [-0.05, 0) is 31.5 Å². The third kappa shape index (κ3) is 10.2. The summed E-state index contributed by atoms with van der Waals surface area (Å²) in [4.78, 5) is 51.5. The Bertz CT molecular complexity index is 1830. The van der Waals surface area contributed by atoms with E-state index < -0.39 is 39.7 Å². The van der Waals surface area contributed by atoms with E-state index in [1.165, 1.54) is 19.2 Å². The van der Waals surface area contributed by atoms with E-state index in [0.717, 1.165) is 42.1 Å². The van der Waals surface area contributed by atoms with Crippen LogP contribution >= 0.6 is 11.3 Å². The minimum Gasteiger partial charge on any atom is -0.724 e. The second-order valence-corrected chi connectivity index (χ2v) is 13.9. The van der Waals surface area contributed by atoms with Crippen molar-refractivity contribution in [1.29, 1.82) is 0 Å². The van der Waals surface area contributed by atoms with Crippen molar-refractivity contribution in [2.45, 2.75) is 45.1 Å². The molecule has 2 atom stereocenters. The summed E-state index contributed by atoms with van der Waals surface area (Å²) >= 11 is 1.08. The number of oxime groups is 1. The van der Waals surface area contributed by atoms with Gasteiger partial charge in [0, 0.05) is 37.4 Å². The molecule has 2 aromatic heterocycles. The molecule has 0 bridgehead atoms. The molecule has 0 radical (unpaired) electrons. The highest BCUT2D eigenvalue weighted by Gasteiger charge is 2.57. The van der Waals surface area contributed by atoms with Crippen molar-refractivity contribution in [3.63, 3.8) is 0 Å². The highest BCUT2D eigenvalue weighted by Crippen LogP contribution is 2.40. The maximum atomic E-state index is 14.1. The van der Waals surface area contributed by atoms with Gasteiger partial charge in [-0.2, -0.15) is 23.6 Å². The molecule has 5 rings (SSSR count). The average molecular weight is 753 g/mol. The average Bonchev–Trinajstić information content (AvgIpc) is 3.67. The zero-order valence-corrected chi connectivity index (χ0v) is 29.2. The molecule has 1 aromatic carbocycles. The number of Topliss-reactive ketones (excluding diaryl/α,β-unsaturated/α-hetero) is 1. The Labute approximate surface area is 296 Å². The number of aromatic nitrogens is 3. The molecule has 4 heterocycles. The largest absolute Gasteiger partial charge is 0.724 e. The molecule has 0 spiro atoms. The van der Waals surface area contributed by atoms with Crippen LogP contribution in [0.4, 0.5) is 9.52 Å². The summed E-state index contributed by atoms with van der Waals surface area (Å²) in [6, 6.07) is 7.38. The van der Waals surface area contributed by atoms with E-state index in [0.29, 0.717) is 16.7 Å². The number of ketones is 1. The van der Waals surface area contributed by atoms with E-state index >= 15 is 0 Å². The SMILES string of the molecule is CC1(C)[C@H](CC(=O)/C(=N\OCCOc2ccc(-c3cn(CC4CNC4)[n+](CC(F)CN)c3)cc2)c2csc(N)n2)C(=O)N1OS(=O)(=O)[O-].O=C=O. The Balaban J connectivity index is 0.00000188. The zero-order chi connectivity index (χ0) is 37.3. The maximum absolute atomic E-state index is 14.1. The van der Waals surface area contributed by atoms with E-state index in [-0.39, 0.29) is 55.4 Å². The summed E-state index contributed by atoms with van der Waals surface area (Å²) in [7, 11) is -5.18. The molecule has 5 N–H and O–H groups in total. The molecule has 276 valence electrons. The molecule has 1 unspecified atom stereocenters. The molecular formula is C30H37FN8O10S2. The monoisotopic (exact) mass is 752 g/mol. The Kier molecular flexibility index (Phi) is 13.1. The van der Waals surface area contributed by atoms with Crippen LogP contribution < -0.4 is 26.2 Å². The van der Waals surface area contributed by atoms with E-state index in [1.54, 1.807) is 12.1 Å². The van der Waals surface area contributed by atoms with Crippen molar-refractivity contribution in [2.24, 2.45) is 22.7 Å². The predicted molar refractivity (Wildman–Crippen MR) is 175 cm³/mol. The number of nitrogens with one attached hydrogen (secondary N) is 1. The van der Waals surface area contributed by atoms with Crippen LogP contribution in [0.3, 0.4) is 0 Å². The van der Waals surface area contributed by atoms with Gasteiger partial charge in [-0.15, -0.1) is 16.0 Å². The number of nitrogens with two attached hydrogens (primary N) is 2. The van der Waals surface area contributed by atoms with Gasteiger partial charge in [0.2, 0.25) is 23.1 Å². The van der Waals surface area contributed by atoms with Gasteiger partial charge in [0.1, 0.15) is 18.1 Å². The molecular weight excluding hydrogens is 716 g/mol. The van der Waals surface area contributed by atoms with E-state index in [2.05, 4.69) is 19.7 Å². The fourth-order valence-corrected chi connectivity index (χ4v) is 6.32. The lowest BCUT2D eigenvalue weighted by Crippen LogP contribution is -2.68. The molecule has 51 heavy (non-hydrogen) atoms. The van der Waals surface area contributed by atoms with Crippen LogP contribution in [-0.4, -0.2) is 95.8 Å². The van der Waals surface area contributed by atoms with Crippen molar-refractivity contribution in [2.75, 3.05) is 38.6 Å². The molecule has 1 amide bonds. The molecule has 18 nitrogen and oxygen atoms in total.